The number of Topliss-reactive ketones (excluding diaryl/α,β-unsaturated/α-hetero) is 1. The van der Waals surface area contributed by atoms with Gasteiger partial charge in [0.1, 0.15) is 23.7 Å². The first-order chi connectivity index (χ1) is 28.0. The highest BCUT2D eigenvalue weighted by Gasteiger charge is 2.67. The fourth-order valence-corrected chi connectivity index (χ4v) is 11.4. The lowest BCUT2D eigenvalue weighted by Crippen LogP contribution is -2.50. The summed E-state index contributed by atoms with van der Waals surface area (Å²) in [6.45, 7) is 5.15. The molecule has 0 unspecified atom stereocenters. The van der Waals surface area contributed by atoms with Crippen molar-refractivity contribution in [2.24, 2.45) is 34.5 Å². The first-order valence-electron chi connectivity index (χ1n) is 21.4. The molecule has 2 aromatic rings. The molecule has 2 aliphatic heterocycles. The molecule has 1 saturated heterocycles. The maximum Gasteiger partial charge on any atom is 0.306 e. The van der Waals surface area contributed by atoms with Crippen molar-refractivity contribution >= 4 is 44.6 Å². The molecule has 1 aromatic heterocycles. The number of aromatic nitrogens is 2. The lowest BCUT2D eigenvalue weighted by molar-refractivity contribution is -0.155. The van der Waals surface area contributed by atoms with Crippen molar-refractivity contribution in [3.8, 4) is 11.6 Å². The minimum atomic E-state index is -4.19. The molecule has 13 nitrogen and oxygen atoms in total. The zero-order valence-electron chi connectivity index (χ0n) is 34.3. The molecule has 4 aliphatic carbocycles. The summed E-state index contributed by atoms with van der Waals surface area (Å²) in [5.74, 6) is -4.68. The number of amides is 2. The van der Waals surface area contributed by atoms with E-state index in [1.165, 1.54) is 11.8 Å². The number of carbonyl (C=O) groups is 4. The zero-order valence-corrected chi connectivity index (χ0v) is 35.2. The van der Waals surface area contributed by atoms with Crippen LogP contribution in [0.5, 0.6) is 11.6 Å². The average Bonchev–Trinajstić information content (AvgIpc) is 4.15. The van der Waals surface area contributed by atoms with Crippen molar-refractivity contribution in [2.75, 3.05) is 13.7 Å². The average molecular weight is 843 g/mol. The predicted octanol–water partition coefficient (Wildman–Crippen LogP) is 6.10. The summed E-state index contributed by atoms with van der Waals surface area (Å²) in [6, 6.07) is 4.14. The first-order valence-corrected chi connectivity index (χ1v) is 22.8. The summed E-state index contributed by atoms with van der Waals surface area (Å²) in [6.07, 6.45) is 3.42. The molecular formula is C43H56F2N4O9S. The Morgan fingerprint density at radius 3 is 2.42 bits per heavy atom. The van der Waals surface area contributed by atoms with Gasteiger partial charge in [0.15, 0.2) is 5.78 Å². The van der Waals surface area contributed by atoms with Crippen LogP contribution in [0.3, 0.4) is 0 Å². The van der Waals surface area contributed by atoms with Gasteiger partial charge in [0, 0.05) is 24.3 Å². The van der Waals surface area contributed by atoms with Crippen LogP contribution in [0.2, 0.25) is 0 Å². The normalized spacial score (nSPS) is 32.9. The molecule has 1 N–H and O–H groups in total. The number of nitrogens with zero attached hydrogens (tertiary/aromatic N) is 3. The van der Waals surface area contributed by atoms with Gasteiger partial charge in [-0.3, -0.25) is 23.9 Å². The van der Waals surface area contributed by atoms with Gasteiger partial charge in [0.25, 0.3) is 0 Å². The van der Waals surface area contributed by atoms with Crippen molar-refractivity contribution in [1.82, 2.24) is 19.6 Å². The molecule has 6 aliphatic rings. The number of hydrogen-bond donors (Lipinski definition) is 1. The van der Waals surface area contributed by atoms with E-state index >= 15 is 4.79 Å². The summed E-state index contributed by atoms with van der Waals surface area (Å²) in [4.78, 5) is 68.6. The van der Waals surface area contributed by atoms with Crippen molar-refractivity contribution in [3.63, 3.8) is 0 Å². The van der Waals surface area contributed by atoms with Crippen molar-refractivity contribution in [2.45, 2.75) is 147 Å². The number of ether oxygens (including phenoxy) is 3. The molecule has 2 amide bonds. The summed E-state index contributed by atoms with van der Waals surface area (Å²) < 4.78 is 74.1. The molecule has 8 rings (SSSR count). The lowest BCUT2D eigenvalue weighted by atomic mass is 9.73. The van der Waals surface area contributed by atoms with Crippen LogP contribution in [-0.4, -0.2) is 89.9 Å². The molecule has 1 aromatic carbocycles. The fraction of sp³-hybridized carbons (Fsp3) is 0.721. The Morgan fingerprint density at radius 2 is 1.75 bits per heavy atom. The third-order valence-corrected chi connectivity index (χ3v) is 16.8. The summed E-state index contributed by atoms with van der Waals surface area (Å²) in [5, 5.41) is 0. The number of rotatable bonds is 9. The molecule has 2 bridgehead atoms. The molecule has 16 heteroatoms. The van der Waals surface area contributed by atoms with E-state index in [0.29, 0.717) is 54.6 Å². The molecular weight excluding hydrogens is 787 g/mol. The van der Waals surface area contributed by atoms with Gasteiger partial charge in [-0.25, -0.2) is 27.2 Å². The topological polar surface area (TPSA) is 171 Å². The van der Waals surface area contributed by atoms with Gasteiger partial charge < -0.3 is 19.1 Å². The van der Waals surface area contributed by atoms with Gasteiger partial charge in [0.05, 0.1) is 53.2 Å². The zero-order chi connectivity index (χ0) is 42.1. The largest absolute Gasteiger partial charge is 0.497 e. The number of ketones is 1. The van der Waals surface area contributed by atoms with E-state index in [9.17, 15) is 31.6 Å². The molecule has 322 valence electrons. The number of alkyl halides is 2. The number of benzene rings is 1. The number of hydrogen-bond acceptors (Lipinski definition) is 11. The SMILES string of the molecule is COc1ccc2nc3c(nc2c1)O[C@H]1CN(C(=O)[C@H](C2(C)CCCC2)CC(=O)O[C@@H]2C[C@H]2CCCCC3)[C@H](C(=O)C[C@]2(C(=O)NS(=O)(=O)C3(C)CC3)C[C@H]2C(F)F)[C@@H]1C. The van der Waals surface area contributed by atoms with Crippen molar-refractivity contribution < 1.29 is 50.6 Å². The van der Waals surface area contributed by atoms with E-state index in [1.54, 1.807) is 26.2 Å². The Labute approximate surface area is 344 Å². The summed E-state index contributed by atoms with van der Waals surface area (Å²) in [5.41, 5.74) is -0.747. The number of nitrogens with one attached hydrogen (secondary N) is 1. The highest BCUT2D eigenvalue weighted by atomic mass is 32.2. The van der Waals surface area contributed by atoms with Crippen LogP contribution in [-0.2, 0) is 40.4 Å². The number of aryl methyl sites for hydroxylation is 1. The molecule has 5 fully saturated rings. The lowest BCUT2D eigenvalue weighted by Gasteiger charge is -2.37. The van der Waals surface area contributed by atoms with Crippen molar-refractivity contribution in [1.29, 1.82) is 0 Å². The van der Waals surface area contributed by atoms with Crippen LogP contribution in [0.4, 0.5) is 8.78 Å². The van der Waals surface area contributed by atoms with Crippen LogP contribution in [0.25, 0.3) is 11.0 Å². The number of carbonyl (C=O) groups excluding carboxylic acids is 4. The van der Waals surface area contributed by atoms with Crippen LogP contribution >= 0.6 is 0 Å². The number of halogens is 2. The first kappa shape index (κ1) is 41.8. The summed E-state index contributed by atoms with van der Waals surface area (Å²) in [7, 11) is -2.64. The van der Waals surface area contributed by atoms with Crippen LogP contribution in [0, 0.1) is 34.5 Å². The van der Waals surface area contributed by atoms with E-state index < -0.39 is 91.9 Å². The highest BCUT2D eigenvalue weighted by molar-refractivity contribution is 7.91. The monoisotopic (exact) mass is 842 g/mol. The van der Waals surface area contributed by atoms with E-state index in [-0.39, 0.29) is 37.3 Å². The van der Waals surface area contributed by atoms with E-state index in [0.717, 1.165) is 44.9 Å². The van der Waals surface area contributed by atoms with Crippen LogP contribution in [0.1, 0.15) is 116 Å². The van der Waals surface area contributed by atoms with E-state index in [2.05, 4.69) is 4.72 Å². The minimum Gasteiger partial charge on any atom is -0.497 e. The Hall–Kier alpha value is -3.95. The predicted molar refractivity (Wildman–Crippen MR) is 211 cm³/mol. The number of methoxy groups -OCH3 is 1. The quantitative estimate of drug-likeness (QED) is 0.290. The van der Waals surface area contributed by atoms with Gasteiger partial charge in [-0.1, -0.05) is 39.5 Å². The number of fused-ring (bicyclic) bond motifs is 5. The molecule has 8 atom stereocenters. The van der Waals surface area contributed by atoms with Crippen LogP contribution < -0.4 is 14.2 Å². The number of esters is 1. The standard InChI is InChI=1S/C43H56F2N4O9S/c1-24-34-23-49(36(24)32(50)22-43(21-28(43)37(44)45)40(53)48-59(54,55)42(3)16-17-42)39(52)27(41(2)14-8-9-15-41)20-35(51)57-33-18-25(33)10-6-5-7-11-30-38(58-34)47-31-19-26(56-4)12-13-29(31)46-30/h12-13,19,24-25,27-28,33-34,36-37H,5-11,14-18,20-23H2,1-4H3,(H,48,53)/t24-,25-,27-,28+,33-,34+,36+,43-/m1/s1. The fourth-order valence-electron chi connectivity index (χ4n) is 10.1. The maximum atomic E-state index is 15.2. The molecule has 0 radical (unpaired) electrons. The molecule has 0 spiro atoms. The highest BCUT2D eigenvalue weighted by Crippen LogP contribution is 2.59. The van der Waals surface area contributed by atoms with Gasteiger partial charge in [0.2, 0.25) is 34.1 Å². The second kappa shape index (κ2) is 15.5. The third-order valence-electron chi connectivity index (χ3n) is 14.7. The Balaban J connectivity index is 1.16. The van der Waals surface area contributed by atoms with Crippen LogP contribution in [0.15, 0.2) is 18.2 Å². The Morgan fingerprint density at radius 1 is 1.00 bits per heavy atom. The number of sulfonamides is 1. The van der Waals surface area contributed by atoms with Gasteiger partial charge in [-0.05, 0) is 88.2 Å². The van der Waals surface area contributed by atoms with E-state index in [1.807, 2.05) is 13.0 Å². The summed E-state index contributed by atoms with van der Waals surface area (Å²) >= 11 is 0. The minimum absolute atomic E-state index is 0.0792. The smallest absolute Gasteiger partial charge is 0.306 e. The van der Waals surface area contributed by atoms with E-state index in [4.69, 9.17) is 24.2 Å². The van der Waals surface area contributed by atoms with Gasteiger partial charge >= 0.3 is 5.97 Å². The second-order valence-corrected chi connectivity index (χ2v) is 21.0. The Bertz CT molecular complexity index is 2130. The molecule has 3 heterocycles. The Kier molecular flexibility index (Phi) is 11.0. The third kappa shape index (κ3) is 8.03. The van der Waals surface area contributed by atoms with Crippen molar-refractivity contribution in [3.05, 3.63) is 23.9 Å². The molecule has 59 heavy (non-hydrogen) atoms. The maximum absolute atomic E-state index is 15.2. The molecule has 4 saturated carbocycles. The van der Waals surface area contributed by atoms with Gasteiger partial charge in [-0.2, -0.15) is 0 Å². The van der Waals surface area contributed by atoms with Gasteiger partial charge in [-0.15, -0.1) is 0 Å². The second-order valence-electron chi connectivity index (χ2n) is 18.9.